The lowest BCUT2D eigenvalue weighted by Crippen LogP contribution is -2.60. The number of nitrogens with two attached hydrogens (primary N) is 3. The van der Waals surface area contributed by atoms with E-state index in [0.29, 0.717) is 32.4 Å². The van der Waals surface area contributed by atoms with Crippen LogP contribution in [0.4, 0.5) is 0 Å². The molecule has 0 aromatic rings. The Morgan fingerprint density at radius 2 is 1.46 bits per heavy atom. The van der Waals surface area contributed by atoms with Crippen LogP contribution in [-0.4, -0.2) is 97.7 Å². The first kappa shape index (κ1) is 47.2. The zero-order chi connectivity index (χ0) is 39.4. The van der Waals surface area contributed by atoms with Crippen molar-refractivity contribution >= 4 is 29.5 Å². The van der Waals surface area contributed by atoms with Crippen LogP contribution in [0.1, 0.15) is 126 Å². The third kappa shape index (κ3) is 16.5. The fourth-order valence-electron chi connectivity index (χ4n) is 6.69. The molecule has 0 radical (unpaired) electrons. The van der Waals surface area contributed by atoms with Gasteiger partial charge in [-0.3, -0.25) is 24.0 Å². The molecule has 0 spiro atoms. The lowest BCUT2D eigenvalue weighted by molar-refractivity contribution is -0.150. The molecule has 14 heteroatoms. The lowest BCUT2D eigenvalue weighted by Gasteiger charge is -2.36. The Kier molecular flexibility index (Phi) is 22.9. The van der Waals surface area contributed by atoms with E-state index in [-0.39, 0.29) is 36.3 Å². The van der Waals surface area contributed by atoms with Gasteiger partial charge in [-0.1, -0.05) is 79.6 Å². The number of likely N-dealkylation sites (N-methyl/N-ethyl adjacent to an activating group) is 1. The molecule has 1 rings (SSSR count). The van der Waals surface area contributed by atoms with Gasteiger partial charge in [-0.05, 0) is 64.3 Å². The number of rotatable bonds is 26. The summed E-state index contributed by atoms with van der Waals surface area (Å²) in [5, 5.41) is 8.53. The fraction of sp³-hybridized carbons (Fsp3) is 0.868. The number of carbonyl (C=O) groups is 5. The minimum Gasteiger partial charge on any atom is -0.378 e. The van der Waals surface area contributed by atoms with Crippen molar-refractivity contribution in [1.29, 1.82) is 0 Å². The second kappa shape index (κ2) is 25.3. The van der Waals surface area contributed by atoms with Crippen molar-refractivity contribution in [2.45, 2.75) is 162 Å². The standard InChI is InChI=1S/C38H73N7O7/c1-9-10-11-15-19-32(52-28(7)42-35(47)25(4)27(6)51-21-16-20-39)26(5)38(50)45(8)31(22-24(2)3)36(48)44-33(29-17-13-12-14-18-29)37(49)43-30(23-40)34(41)46/h24-33H,9-23,39-40H2,1-8H3,(H2,41,46)(H,42,47)(H,43,49)(H,44,48)/t25-,26+,27-,28-,30-,31-,32+,33-/m0/s1. The van der Waals surface area contributed by atoms with Crippen molar-refractivity contribution < 1.29 is 33.4 Å². The molecule has 0 aromatic carbocycles. The van der Waals surface area contributed by atoms with Gasteiger partial charge in [0, 0.05) is 20.2 Å². The SMILES string of the molecule is CCCCCC[C@@H](O[C@@H](C)NC(=O)[C@@H](C)[C@H](C)OCCCN)[C@@H](C)C(=O)N(C)[C@@H](CC(C)C)C(=O)N[C@H](C(=O)N[C@@H](CN)C(N)=O)C1CCCCC1. The summed E-state index contributed by atoms with van der Waals surface area (Å²) in [5.74, 6) is -3.33. The number of hydrogen-bond acceptors (Lipinski definition) is 9. The summed E-state index contributed by atoms with van der Waals surface area (Å²) in [7, 11) is 1.62. The van der Waals surface area contributed by atoms with Gasteiger partial charge in [0.15, 0.2) is 0 Å². The second-order valence-corrected chi connectivity index (χ2v) is 15.1. The average molecular weight is 740 g/mol. The van der Waals surface area contributed by atoms with Crippen LogP contribution >= 0.6 is 0 Å². The molecule has 0 heterocycles. The van der Waals surface area contributed by atoms with Gasteiger partial charge in [0.05, 0.1) is 24.0 Å². The van der Waals surface area contributed by atoms with Crippen LogP contribution in [0.25, 0.3) is 0 Å². The van der Waals surface area contributed by atoms with Crippen molar-refractivity contribution in [3.05, 3.63) is 0 Å². The van der Waals surface area contributed by atoms with Gasteiger partial charge >= 0.3 is 0 Å². The zero-order valence-corrected chi connectivity index (χ0v) is 33.4. The van der Waals surface area contributed by atoms with Crippen molar-refractivity contribution in [2.75, 3.05) is 26.7 Å². The van der Waals surface area contributed by atoms with E-state index in [0.717, 1.165) is 57.8 Å². The summed E-state index contributed by atoms with van der Waals surface area (Å²) in [6.45, 7) is 14.1. The topological polar surface area (TPSA) is 221 Å². The number of primary amides is 1. The lowest BCUT2D eigenvalue weighted by atomic mass is 9.83. The van der Waals surface area contributed by atoms with Gasteiger partial charge in [0.1, 0.15) is 24.4 Å². The summed E-state index contributed by atoms with van der Waals surface area (Å²) in [4.78, 5) is 68.3. The van der Waals surface area contributed by atoms with Gasteiger partial charge < -0.3 is 47.5 Å². The predicted molar refractivity (Wildman–Crippen MR) is 203 cm³/mol. The number of amides is 5. The largest absolute Gasteiger partial charge is 0.378 e. The Labute approximate surface area is 313 Å². The highest BCUT2D eigenvalue weighted by Gasteiger charge is 2.38. The van der Waals surface area contributed by atoms with Crippen LogP contribution in [0.3, 0.4) is 0 Å². The molecule has 8 atom stereocenters. The van der Waals surface area contributed by atoms with Crippen LogP contribution in [0, 0.1) is 23.7 Å². The van der Waals surface area contributed by atoms with E-state index in [1.54, 1.807) is 27.8 Å². The van der Waals surface area contributed by atoms with Crippen molar-refractivity contribution in [2.24, 2.45) is 40.9 Å². The molecule has 1 saturated carbocycles. The summed E-state index contributed by atoms with van der Waals surface area (Å²) in [5.41, 5.74) is 16.7. The number of hydrogen-bond donors (Lipinski definition) is 6. The average Bonchev–Trinajstić information content (AvgIpc) is 3.11. The van der Waals surface area contributed by atoms with E-state index >= 15 is 0 Å². The van der Waals surface area contributed by atoms with Gasteiger partial charge in [-0.25, -0.2) is 0 Å². The summed E-state index contributed by atoms with van der Waals surface area (Å²) >= 11 is 0. The third-order valence-electron chi connectivity index (χ3n) is 10.3. The van der Waals surface area contributed by atoms with E-state index in [2.05, 4.69) is 22.9 Å². The number of unbranched alkanes of at least 4 members (excludes halogenated alkanes) is 3. The molecule has 0 aromatic heterocycles. The Morgan fingerprint density at radius 3 is 2.02 bits per heavy atom. The number of carbonyl (C=O) groups excluding carboxylic acids is 5. The van der Waals surface area contributed by atoms with Gasteiger partial charge in [-0.2, -0.15) is 0 Å². The van der Waals surface area contributed by atoms with E-state index in [1.807, 2.05) is 20.8 Å². The molecule has 0 bridgehead atoms. The third-order valence-corrected chi connectivity index (χ3v) is 10.3. The zero-order valence-electron chi connectivity index (χ0n) is 33.4. The summed E-state index contributed by atoms with van der Waals surface area (Å²) in [6.07, 6.45) is 8.46. The number of nitrogens with one attached hydrogen (secondary N) is 3. The van der Waals surface area contributed by atoms with Crippen molar-refractivity contribution in [3.63, 3.8) is 0 Å². The maximum Gasteiger partial charge on any atom is 0.243 e. The number of ether oxygens (including phenoxy) is 2. The van der Waals surface area contributed by atoms with Crippen LogP contribution in [0.5, 0.6) is 0 Å². The molecule has 1 aliphatic carbocycles. The second-order valence-electron chi connectivity index (χ2n) is 15.1. The molecule has 5 amide bonds. The molecule has 0 aliphatic heterocycles. The van der Waals surface area contributed by atoms with Gasteiger partial charge in [-0.15, -0.1) is 0 Å². The maximum atomic E-state index is 14.2. The normalized spacial score (nSPS) is 18.3. The van der Waals surface area contributed by atoms with Gasteiger partial charge in [0.25, 0.3) is 0 Å². The molecule has 1 aliphatic rings. The highest BCUT2D eigenvalue weighted by Crippen LogP contribution is 2.28. The summed E-state index contributed by atoms with van der Waals surface area (Å²) < 4.78 is 12.1. The molecule has 0 saturated heterocycles. The fourth-order valence-corrected chi connectivity index (χ4v) is 6.69. The predicted octanol–water partition coefficient (Wildman–Crippen LogP) is 2.70. The maximum absolute atomic E-state index is 14.2. The van der Waals surface area contributed by atoms with E-state index in [9.17, 15) is 24.0 Å². The van der Waals surface area contributed by atoms with Crippen LogP contribution in [0.15, 0.2) is 0 Å². The molecular formula is C38H73N7O7. The van der Waals surface area contributed by atoms with Crippen LogP contribution < -0.4 is 33.2 Å². The summed E-state index contributed by atoms with van der Waals surface area (Å²) in [6, 6.07) is -2.84. The van der Waals surface area contributed by atoms with E-state index < -0.39 is 60.0 Å². The highest BCUT2D eigenvalue weighted by atomic mass is 16.5. The van der Waals surface area contributed by atoms with Crippen LogP contribution in [0.2, 0.25) is 0 Å². The monoisotopic (exact) mass is 740 g/mol. The minimum atomic E-state index is -1.06. The molecule has 52 heavy (non-hydrogen) atoms. The van der Waals surface area contributed by atoms with Crippen LogP contribution in [-0.2, 0) is 33.4 Å². The van der Waals surface area contributed by atoms with E-state index in [1.165, 1.54) is 4.90 Å². The van der Waals surface area contributed by atoms with Gasteiger partial charge in [0.2, 0.25) is 29.5 Å². The molecule has 0 unspecified atom stereocenters. The molecular weight excluding hydrogens is 666 g/mol. The first-order chi connectivity index (χ1) is 24.6. The molecule has 14 nitrogen and oxygen atoms in total. The molecule has 9 N–H and O–H groups in total. The minimum absolute atomic E-state index is 0.0553. The Balaban J connectivity index is 3.22. The van der Waals surface area contributed by atoms with E-state index in [4.69, 9.17) is 26.7 Å². The smallest absolute Gasteiger partial charge is 0.243 e. The Bertz CT molecular complexity index is 1090. The Morgan fingerprint density at radius 1 is 0.808 bits per heavy atom. The van der Waals surface area contributed by atoms with Crippen molar-refractivity contribution in [1.82, 2.24) is 20.9 Å². The molecule has 1 fully saturated rings. The van der Waals surface area contributed by atoms with Crippen molar-refractivity contribution in [3.8, 4) is 0 Å². The number of nitrogens with zero attached hydrogens (tertiary/aromatic N) is 1. The quantitative estimate of drug-likeness (QED) is 0.0566. The highest BCUT2D eigenvalue weighted by molar-refractivity contribution is 5.94. The Hall–Kier alpha value is -2.81. The molecule has 302 valence electrons. The first-order valence-corrected chi connectivity index (χ1v) is 19.7. The first-order valence-electron chi connectivity index (χ1n) is 19.7.